The second kappa shape index (κ2) is 7.90. The number of rotatable bonds is 4. The first-order chi connectivity index (χ1) is 15.9. The van der Waals surface area contributed by atoms with E-state index in [4.69, 9.17) is 0 Å². The van der Waals surface area contributed by atoms with Crippen molar-refractivity contribution in [2.24, 2.45) is 14.1 Å². The van der Waals surface area contributed by atoms with Gasteiger partial charge in [-0.25, -0.2) is 14.2 Å². The van der Waals surface area contributed by atoms with Gasteiger partial charge in [-0.05, 0) is 47.5 Å². The number of carbonyl (C=O) groups excluding carboxylic acids is 1. The van der Waals surface area contributed by atoms with E-state index >= 15 is 0 Å². The SMILES string of the molecule is Cn1cc(C(=O)Nc2cccc(-c3cccc(-c4nc5ccc(F)cc5[nH]4)c3)c2)n(C)c1=O. The van der Waals surface area contributed by atoms with Gasteiger partial charge in [-0.1, -0.05) is 30.3 Å². The summed E-state index contributed by atoms with van der Waals surface area (Å²) < 4.78 is 16.2. The molecule has 0 bridgehead atoms. The quantitative estimate of drug-likeness (QED) is 0.436. The first-order valence-electron chi connectivity index (χ1n) is 10.3. The highest BCUT2D eigenvalue weighted by atomic mass is 19.1. The highest BCUT2D eigenvalue weighted by Crippen LogP contribution is 2.28. The normalized spacial score (nSPS) is 11.1. The smallest absolute Gasteiger partial charge is 0.328 e. The largest absolute Gasteiger partial charge is 0.338 e. The van der Waals surface area contributed by atoms with E-state index in [2.05, 4.69) is 15.3 Å². The lowest BCUT2D eigenvalue weighted by atomic mass is 10.0. The van der Waals surface area contributed by atoms with E-state index in [1.165, 1.54) is 27.5 Å². The van der Waals surface area contributed by atoms with Crippen LogP contribution >= 0.6 is 0 Å². The van der Waals surface area contributed by atoms with Crippen molar-refractivity contribution in [3.63, 3.8) is 0 Å². The van der Waals surface area contributed by atoms with Crippen molar-refractivity contribution in [1.29, 1.82) is 0 Å². The van der Waals surface area contributed by atoms with Gasteiger partial charge < -0.3 is 14.9 Å². The van der Waals surface area contributed by atoms with E-state index in [-0.39, 0.29) is 23.1 Å². The van der Waals surface area contributed by atoms with E-state index in [0.29, 0.717) is 22.5 Å². The van der Waals surface area contributed by atoms with E-state index in [9.17, 15) is 14.0 Å². The average Bonchev–Trinajstić information content (AvgIpc) is 3.35. The van der Waals surface area contributed by atoms with Crippen LogP contribution in [0.5, 0.6) is 0 Å². The molecule has 0 unspecified atom stereocenters. The van der Waals surface area contributed by atoms with Crippen LogP contribution in [-0.2, 0) is 14.1 Å². The van der Waals surface area contributed by atoms with Crippen molar-refractivity contribution in [3.8, 4) is 22.5 Å². The molecular weight excluding hydrogens is 421 g/mol. The van der Waals surface area contributed by atoms with Crippen molar-refractivity contribution >= 4 is 22.6 Å². The Bertz CT molecular complexity index is 1580. The molecule has 2 heterocycles. The van der Waals surface area contributed by atoms with Crippen molar-refractivity contribution in [1.82, 2.24) is 19.1 Å². The number of halogens is 1. The Labute approximate surface area is 188 Å². The van der Waals surface area contributed by atoms with Crippen LogP contribution in [0.3, 0.4) is 0 Å². The number of imidazole rings is 2. The number of benzene rings is 3. The predicted octanol–water partition coefficient (Wildman–Crippen LogP) is 4.33. The van der Waals surface area contributed by atoms with E-state index in [0.717, 1.165) is 16.7 Å². The number of nitrogens with zero attached hydrogens (tertiary/aromatic N) is 3. The predicted molar refractivity (Wildman–Crippen MR) is 126 cm³/mol. The van der Waals surface area contributed by atoms with Gasteiger partial charge in [0.15, 0.2) is 0 Å². The summed E-state index contributed by atoms with van der Waals surface area (Å²) in [4.78, 5) is 32.3. The van der Waals surface area contributed by atoms with E-state index < -0.39 is 0 Å². The summed E-state index contributed by atoms with van der Waals surface area (Å²) in [5.74, 6) is -0.0385. The number of fused-ring (bicyclic) bond motifs is 1. The van der Waals surface area contributed by atoms with Gasteiger partial charge in [0.2, 0.25) is 0 Å². The highest BCUT2D eigenvalue weighted by molar-refractivity contribution is 6.03. The summed E-state index contributed by atoms with van der Waals surface area (Å²) in [5.41, 5.74) is 4.64. The summed E-state index contributed by atoms with van der Waals surface area (Å²) >= 11 is 0. The number of aromatic amines is 1. The molecule has 0 spiro atoms. The minimum absolute atomic E-state index is 0.265. The van der Waals surface area contributed by atoms with Gasteiger partial charge in [-0.15, -0.1) is 0 Å². The maximum atomic E-state index is 13.5. The summed E-state index contributed by atoms with van der Waals surface area (Å²) in [6.07, 6.45) is 1.50. The van der Waals surface area contributed by atoms with Gasteiger partial charge in [-0.2, -0.15) is 0 Å². The van der Waals surface area contributed by atoms with Crippen molar-refractivity contribution < 1.29 is 9.18 Å². The fraction of sp³-hybridized carbons (Fsp3) is 0.0800. The summed E-state index contributed by atoms with van der Waals surface area (Å²) in [7, 11) is 3.16. The maximum absolute atomic E-state index is 13.5. The van der Waals surface area contributed by atoms with Crippen molar-refractivity contribution in [2.75, 3.05) is 5.32 Å². The van der Waals surface area contributed by atoms with E-state index in [1.807, 2.05) is 42.5 Å². The molecule has 0 aliphatic heterocycles. The highest BCUT2D eigenvalue weighted by Gasteiger charge is 2.14. The van der Waals surface area contributed by atoms with Gasteiger partial charge in [0, 0.05) is 31.5 Å². The first-order valence-corrected chi connectivity index (χ1v) is 10.3. The van der Waals surface area contributed by atoms with Crippen LogP contribution in [0.1, 0.15) is 10.5 Å². The lowest BCUT2D eigenvalue weighted by Crippen LogP contribution is -2.23. The van der Waals surface area contributed by atoms with Crippen molar-refractivity contribution in [3.05, 3.63) is 94.9 Å². The first kappa shape index (κ1) is 20.4. The number of nitrogens with one attached hydrogen (secondary N) is 2. The molecule has 0 aliphatic rings. The van der Waals surface area contributed by atoms with Crippen LogP contribution in [0.25, 0.3) is 33.5 Å². The number of carbonyl (C=O) groups is 1. The number of aryl methyl sites for hydroxylation is 1. The third-order valence-electron chi connectivity index (χ3n) is 5.53. The van der Waals surface area contributed by atoms with Gasteiger partial charge in [0.1, 0.15) is 17.3 Å². The van der Waals surface area contributed by atoms with Crippen LogP contribution in [0.4, 0.5) is 10.1 Å². The van der Waals surface area contributed by atoms with Gasteiger partial charge in [0.25, 0.3) is 5.91 Å². The maximum Gasteiger partial charge on any atom is 0.328 e. The van der Waals surface area contributed by atoms with Gasteiger partial charge >= 0.3 is 5.69 Å². The Morgan fingerprint density at radius 3 is 2.45 bits per heavy atom. The molecule has 7 nitrogen and oxygen atoms in total. The van der Waals surface area contributed by atoms with Crippen LogP contribution in [0, 0.1) is 5.82 Å². The Balaban J connectivity index is 1.44. The zero-order valence-electron chi connectivity index (χ0n) is 18.0. The summed E-state index contributed by atoms with van der Waals surface area (Å²) in [5, 5.41) is 2.85. The molecule has 8 heteroatoms. The van der Waals surface area contributed by atoms with Crippen LogP contribution in [-0.4, -0.2) is 25.0 Å². The van der Waals surface area contributed by atoms with Gasteiger partial charge in [0.05, 0.1) is 11.0 Å². The number of anilines is 1. The fourth-order valence-electron chi connectivity index (χ4n) is 3.81. The number of H-pyrrole nitrogens is 1. The average molecular weight is 441 g/mol. The Hall–Kier alpha value is -4.46. The fourth-order valence-corrected chi connectivity index (χ4v) is 3.81. The van der Waals surface area contributed by atoms with E-state index in [1.54, 1.807) is 26.2 Å². The third-order valence-corrected chi connectivity index (χ3v) is 5.53. The zero-order chi connectivity index (χ0) is 23.1. The summed E-state index contributed by atoms with van der Waals surface area (Å²) in [6, 6.07) is 19.7. The number of hydrogen-bond acceptors (Lipinski definition) is 3. The molecule has 0 aliphatic carbocycles. The van der Waals surface area contributed by atoms with Crippen LogP contribution in [0.2, 0.25) is 0 Å². The molecule has 2 aromatic heterocycles. The minimum atomic E-state index is -0.365. The lowest BCUT2D eigenvalue weighted by Gasteiger charge is -2.09. The van der Waals surface area contributed by atoms with Crippen molar-refractivity contribution in [2.45, 2.75) is 0 Å². The Morgan fingerprint density at radius 2 is 1.70 bits per heavy atom. The lowest BCUT2D eigenvalue weighted by molar-refractivity contribution is 0.101. The Morgan fingerprint density at radius 1 is 0.970 bits per heavy atom. The molecule has 5 aromatic rings. The minimum Gasteiger partial charge on any atom is -0.338 e. The number of amides is 1. The van der Waals surface area contributed by atoms with Crippen LogP contribution < -0.4 is 11.0 Å². The number of hydrogen-bond donors (Lipinski definition) is 2. The third kappa shape index (κ3) is 3.82. The van der Waals surface area contributed by atoms with Gasteiger partial charge in [-0.3, -0.25) is 9.36 Å². The standard InChI is InChI=1S/C25H20FN5O2/c1-30-14-22(31(2)25(30)33)24(32)27-19-8-4-6-16(12-19)15-5-3-7-17(11-15)23-28-20-10-9-18(26)13-21(20)29-23/h3-14H,1-2H3,(H,27,32)(H,28,29). The molecule has 0 saturated heterocycles. The second-order valence-electron chi connectivity index (χ2n) is 7.83. The zero-order valence-corrected chi connectivity index (χ0v) is 18.0. The molecule has 0 saturated carbocycles. The summed E-state index contributed by atoms with van der Waals surface area (Å²) in [6.45, 7) is 0. The molecule has 164 valence electrons. The molecule has 33 heavy (non-hydrogen) atoms. The topological polar surface area (TPSA) is 84.7 Å². The molecule has 1 amide bonds. The Kier molecular flexibility index (Phi) is 4.90. The monoisotopic (exact) mass is 441 g/mol. The molecule has 0 radical (unpaired) electrons. The molecule has 2 N–H and O–H groups in total. The molecule has 0 fully saturated rings. The molecule has 5 rings (SSSR count). The second-order valence-corrected chi connectivity index (χ2v) is 7.83. The molecule has 0 atom stereocenters. The number of aromatic nitrogens is 4. The molecule has 3 aromatic carbocycles. The van der Waals surface area contributed by atoms with Crippen LogP contribution in [0.15, 0.2) is 77.7 Å². The molecular formula is C25H20FN5O2.